The number of hydrogen-bond donors (Lipinski definition) is 3. The molecule has 7 heteroatoms. The first-order chi connectivity index (χ1) is 9.19. The predicted molar refractivity (Wildman–Crippen MR) is 67.3 cm³/mol. The van der Waals surface area contributed by atoms with Crippen LogP contribution in [0.3, 0.4) is 0 Å². The molecule has 1 amide bonds. The van der Waals surface area contributed by atoms with E-state index < -0.39 is 5.41 Å². The number of nitrogens with zero attached hydrogens (tertiary/aromatic N) is 2. The molecule has 1 saturated carbocycles. The molecule has 1 aromatic heterocycles. The predicted octanol–water partition coefficient (Wildman–Crippen LogP) is 0.988. The number of hydrogen-bond acceptors (Lipinski definition) is 5. The zero-order valence-electron chi connectivity index (χ0n) is 10.6. The molecule has 0 spiro atoms. The maximum atomic E-state index is 12.4. The van der Waals surface area contributed by atoms with Crippen LogP contribution in [0, 0.1) is 5.41 Å². The summed E-state index contributed by atoms with van der Waals surface area (Å²) in [6, 6.07) is 1.68. The molecule has 1 aromatic rings. The summed E-state index contributed by atoms with van der Waals surface area (Å²) in [4.78, 5) is 12.4. The smallest absolute Gasteiger partial charge is 0.234 e. The van der Waals surface area contributed by atoms with Crippen molar-refractivity contribution in [3.8, 4) is 0 Å². The van der Waals surface area contributed by atoms with Crippen LogP contribution in [-0.2, 0) is 11.3 Å². The fraction of sp³-hybridized carbons (Fsp3) is 0.583. The Labute approximate surface area is 110 Å². The number of nitrogens with two attached hydrogens (primary N) is 1. The lowest BCUT2D eigenvalue weighted by atomic mass is 9.72. The van der Waals surface area contributed by atoms with Gasteiger partial charge in [0.2, 0.25) is 5.91 Å². The van der Waals surface area contributed by atoms with Gasteiger partial charge in [0.05, 0.1) is 12.7 Å². The van der Waals surface area contributed by atoms with E-state index in [9.17, 15) is 4.79 Å². The fourth-order valence-electron chi connectivity index (χ4n) is 2.52. The number of carbonyl (C=O) groups is 1. The molecule has 0 unspecified atom stereocenters. The van der Waals surface area contributed by atoms with Crippen molar-refractivity contribution < 1.29 is 14.5 Å². The highest BCUT2D eigenvalue weighted by molar-refractivity contribution is 6.06. The largest absolute Gasteiger partial charge is 0.409 e. The molecule has 1 fully saturated rings. The Hall–Kier alpha value is -2.05. The minimum Gasteiger partial charge on any atom is -0.409 e. The third kappa shape index (κ3) is 2.69. The summed E-state index contributed by atoms with van der Waals surface area (Å²) in [6.07, 6.45) is 5.57. The van der Waals surface area contributed by atoms with Gasteiger partial charge in [-0.15, -0.1) is 0 Å². The van der Waals surface area contributed by atoms with Crippen molar-refractivity contribution in [2.45, 2.75) is 38.6 Å². The molecule has 2 rings (SSSR count). The van der Waals surface area contributed by atoms with Gasteiger partial charge in [-0.3, -0.25) is 4.79 Å². The maximum Gasteiger partial charge on any atom is 0.234 e. The lowest BCUT2D eigenvalue weighted by Gasteiger charge is -2.34. The van der Waals surface area contributed by atoms with Crippen LogP contribution in [0.15, 0.2) is 21.9 Å². The van der Waals surface area contributed by atoms with Crippen LogP contribution in [0.1, 0.15) is 37.9 Å². The summed E-state index contributed by atoms with van der Waals surface area (Å²) in [7, 11) is 0. The van der Waals surface area contributed by atoms with Crippen molar-refractivity contribution in [2.75, 3.05) is 0 Å². The number of nitrogens with one attached hydrogen (secondary N) is 1. The van der Waals surface area contributed by atoms with Crippen molar-refractivity contribution in [3.63, 3.8) is 0 Å². The first kappa shape index (κ1) is 13.4. The van der Waals surface area contributed by atoms with Crippen LogP contribution in [-0.4, -0.2) is 22.1 Å². The second-order valence-corrected chi connectivity index (χ2v) is 4.79. The maximum absolute atomic E-state index is 12.4. The Kier molecular flexibility index (Phi) is 4.03. The molecule has 4 N–H and O–H groups in total. The number of rotatable bonds is 4. The number of amides is 1. The number of amidine groups is 1. The van der Waals surface area contributed by atoms with E-state index in [2.05, 4.69) is 15.6 Å². The highest BCUT2D eigenvalue weighted by Gasteiger charge is 2.43. The number of aromatic nitrogens is 1. The van der Waals surface area contributed by atoms with Gasteiger partial charge in [0.1, 0.15) is 5.41 Å². The van der Waals surface area contributed by atoms with Crippen molar-refractivity contribution in [1.29, 1.82) is 0 Å². The van der Waals surface area contributed by atoms with E-state index in [1.807, 2.05) is 0 Å². The van der Waals surface area contributed by atoms with Gasteiger partial charge in [-0.25, -0.2) is 0 Å². The molecule has 1 aliphatic carbocycles. The van der Waals surface area contributed by atoms with Crippen LogP contribution < -0.4 is 11.1 Å². The van der Waals surface area contributed by atoms with Gasteiger partial charge in [-0.1, -0.05) is 29.6 Å². The van der Waals surface area contributed by atoms with Crippen LogP contribution in [0.25, 0.3) is 0 Å². The minimum absolute atomic E-state index is 0.0118. The van der Waals surface area contributed by atoms with Gasteiger partial charge in [0.15, 0.2) is 11.6 Å². The molecule has 0 radical (unpaired) electrons. The van der Waals surface area contributed by atoms with E-state index in [1.165, 1.54) is 6.20 Å². The lowest BCUT2D eigenvalue weighted by Crippen LogP contribution is -2.50. The monoisotopic (exact) mass is 266 g/mol. The normalized spacial score (nSPS) is 19.1. The van der Waals surface area contributed by atoms with E-state index in [4.69, 9.17) is 15.5 Å². The van der Waals surface area contributed by atoms with Gasteiger partial charge in [0.25, 0.3) is 0 Å². The summed E-state index contributed by atoms with van der Waals surface area (Å²) < 4.78 is 4.92. The second-order valence-electron chi connectivity index (χ2n) is 4.79. The Morgan fingerprint density at radius 2 is 2.26 bits per heavy atom. The molecule has 104 valence electrons. The molecule has 1 heterocycles. The van der Waals surface area contributed by atoms with Gasteiger partial charge in [-0.05, 0) is 12.8 Å². The van der Waals surface area contributed by atoms with Crippen LogP contribution >= 0.6 is 0 Å². The number of oxime groups is 1. The molecule has 1 aliphatic rings. The molecule has 0 aliphatic heterocycles. The van der Waals surface area contributed by atoms with Crippen LogP contribution in [0.2, 0.25) is 0 Å². The third-order valence-corrected chi connectivity index (χ3v) is 3.65. The molecular formula is C12H18N4O3. The Morgan fingerprint density at radius 3 is 2.84 bits per heavy atom. The summed E-state index contributed by atoms with van der Waals surface area (Å²) in [5, 5.41) is 18.3. The minimum atomic E-state index is -0.896. The second kappa shape index (κ2) is 5.73. The van der Waals surface area contributed by atoms with E-state index in [-0.39, 0.29) is 18.3 Å². The molecular weight excluding hydrogens is 248 g/mol. The van der Waals surface area contributed by atoms with Gasteiger partial charge >= 0.3 is 0 Å². The zero-order valence-corrected chi connectivity index (χ0v) is 10.6. The Morgan fingerprint density at radius 1 is 1.53 bits per heavy atom. The zero-order chi connectivity index (χ0) is 13.7. The molecule has 0 saturated heterocycles. The van der Waals surface area contributed by atoms with E-state index in [0.717, 1.165) is 19.3 Å². The summed E-state index contributed by atoms with van der Waals surface area (Å²) in [6.45, 7) is 0.249. The number of carbonyl (C=O) groups excluding carboxylic acids is 1. The average Bonchev–Trinajstić information content (AvgIpc) is 2.97. The molecule has 7 nitrogen and oxygen atoms in total. The summed E-state index contributed by atoms with van der Waals surface area (Å²) in [5.41, 5.74) is 4.84. The summed E-state index contributed by atoms with van der Waals surface area (Å²) in [5.74, 6) is 0.333. The summed E-state index contributed by atoms with van der Waals surface area (Å²) >= 11 is 0. The Bertz CT molecular complexity index is 450. The molecule has 0 bridgehead atoms. The lowest BCUT2D eigenvalue weighted by molar-refractivity contribution is -0.129. The molecule has 0 aromatic carbocycles. The van der Waals surface area contributed by atoms with Crippen LogP contribution in [0.4, 0.5) is 0 Å². The molecule has 19 heavy (non-hydrogen) atoms. The SMILES string of the molecule is NC(=NO)C1(C(=O)NCc2ccno2)CCCCC1. The van der Waals surface area contributed by atoms with Crippen molar-refractivity contribution in [2.24, 2.45) is 16.3 Å². The van der Waals surface area contributed by atoms with Crippen LogP contribution in [0.5, 0.6) is 0 Å². The first-order valence-corrected chi connectivity index (χ1v) is 6.35. The van der Waals surface area contributed by atoms with Crippen molar-refractivity contribution in [1.82, 2.24) is 10.5 Å². The standard InChI is InChI=1S/C12H18N4O3/c13-10(16-18)12(5-2-1-3-6-12)11(17)14-8-9-4-7-15-19-9/h4,7,18H,1-3,5-6,8H2,(H2,13,16)(H,14,17). The van der Waals surface area contributed by atoms with Gasteiger partial charge in [-0.2, -0.15) is 0 Å². The van der Waals surface area contributed by atoms with Crippen molar-refractivity contribution in [3.05, 3.63) is 18.0 Å². The van der Waals surface area contributed by atoms with Gasteiger partial charge in [0, 0.05) is 6.07 Å². The Balaban J connectivity index is 2.07. The van der Waals surface area contributed by atoms with E-state index >= 15 is 0 Å². The first-order valence-electron chi connectivity index (χ1n) is 6.35. The molecule has 0 atom stereocenters. The highest BCUT2D eigenvalue weighted by atomic mass is 16.5. The quantitative estimate of drug-likeness (QED) is 0.325. The third-order valence-electron chi connectivity index (χ3n) is 3.65. The highest BCUT2D eigenvalue weighted by Crippen LogP contribution is 2.36. The van der Waals surface area contributed by atoms with Gasteiger partial charge < -0.3 is 20.8 Å². The topological polar surface area (TPSA) is 114 Å². The fourth-order valence-corrected chi connectivity index (χ4v) is 2.52. The van der Waals surface area contributed by atoms with Crippen molar-refractivity contribution >= 4 is 11.7 Å². The van der Waals surface area contributed by atoms with E-state index in [1.54, 1.807) is 6.07 Å². The average molecular weight is 266 g/mol. The van der Waals surface area contributed by atoms with E-state index in [0.29, 0.717) is 18.6 Å².